The molecule has 0 saturated carbocycles. The lowest BCUT2D eigenvalue weighted by atomic mass is 9.70. The Morgan fingerprint density at radius 3 is 0.940 bits per heavy atom. The molecule has 0 spiro atoms. The van der Waals surface area contributed by atoms with Crippen LogP contribution in [0.3, 0.4) is 0 Å². The third-order valence-electron chi connectivity index (χ3n) is 9.87. The number of hydrogen-bond acceptors (Lipinski definition) is 8. The molecule has 5 aromatic carbocycles. The molecule has 0 radical (unpaired) electrons. The summed E-state index contributed by atoms with van der Waals surface area (Å²) in [5.74, 6) is -2.61. The van der Waals surface area contributed by atoms with Crippen LogP contribution in [0.15, 0.2) is 84.9 Å². The summed E-state index contributed by atoms with van der Waals surface area (Å²) in [5.41, 5.74) is -0.481. The van der Waals surface area contributed by atoms with Crippen molar-refractivity contribution in [2.75, 3.05) is 26.4 Å². The fourth-order valence-corrected chi connectivity index (χ4v) is 7.62. The van der Waals surface area contributed by atoms with Gasteiger partial charge in [-0.3, -0.25) is 19.2 Å². The molecule has 50 heavy (non-hydrogen) atoms. The average molecular weight is 675 g/mol. The van der Waals surface area contributed by atoms with Crippen LogP contribution >= 0.6 is 0 Å². The zero-order chi connectivity index (χ0) is 35.5. The first-order valence-electron chi connectivity index (χ1n) is 17.3. The molecule has 258 valence electrons. The van der Waals surface area contributed by atoms with E-state index in [0.29, 0.717) is 0 Å². The summed E-state index contributed by atoms with van der Waals surface area (Å²) < 4.78 is 22.9. The van der Waals surface area contributed by atoms with E-state index in [0.717, 1.165) is 54.6 Å². The highest BCUT2D eigenvalue weighted by Crippen LogP contribution is 2.45. The normalized spacial score (nSPS) is 15.0. The molecule has 0 aromatic heterocycles. The summed E-state index contributed by atoms with van der Waals surface area (Å²) in [6, 6.07) is 26.8. The van der Waals surface area contributed by atoms with Gasteiger partial charge in [-0.05, 0) is 82.3 Å². The summed E-state index contributed by atoms with van der Waals surface area (Å²) in [6.07, 6.45) is -0.0284. The van der Waals surface area contributed by atoms with E-state index < -0.39 is 34.7 Å². The van der Waals surface area contributed by atoms with Crippen LogP contribution < -0.4 is 0 Å². The summed E-state index contributed by atoms with van der Waals surface area (Å²) in [6.45, 7) is 7.25. The second-order valence-corrected chi connectivity index (χ2v) is 12.7. The predicted octanol–water partition coefficient (Wildman–Crippen LogP) is 7.26. The maximum atomic E-state index is 14.3. The minimum absolute atomic E-state index is 0.00321. The molecule has 1 aliphatic rings. The van der Waals surface area contributed by atoms with Crippen molar-refractivity contribution in [1.82, 2.24) is 0 Å². The second-order valence-electron chi connectivity index (χ2n) is 12.7. The monoisotopic (exact) mass is 674 g/mol. The Hall–Kier alpha value is -5.24. The Balaban J connectivity index is 1.79. The van der Waals surface area contributed by atoms with Gasteiger partial charge in [0.25, 0.3) is 0 Å². The highest BCUT2D eigenvalue weighted by Gasteiger charge is 2.52. The molecule has 8 nitrogen and oxygen atoms in total. The van der Waals surface area contributed by atoms with Crippen molar-refractivity contribution in [3.8, 4) is 0 Å². The van der Waals surface area contributed by atoms with Crippen LogP contribution in [0.4, 0.5) is 0 Å². The van der Waals surface area contributed by atoms with E-state index in [-0.39, 0.29) is 52.1 Å². The molecule has 4 bridgehead atoms. The number of ether oxygens (including phenoxy) is 4. The molecule has 0 unspecified atom stereocenters. The molecule has 0 N–H and O–H groups in total. The summed E-state index contributed by atoms with van der Waals surface area (Å²) in [5, 5.41) is 4.72. The van der Waals surface area contributed by atoms with E-state index in [4.69, 9.17) is 18.9 Å². The Morgan fingerprint density at radius 1 is 0.420 bits per heavy atom. The molecule has 0 aliphatic heterocycles. The van der Waals surface area contributed by atoms with Gasteiger partial charge < -0.3 is 18.9 Å². The van der Waals surface area contributed by atoms with Crippen LogP contribution in [-0.2, 0) is 63.8 Å². The van der Waals surface area contributed by atoms with Gasteiger partial charge in [-0.1, -0.05) is 84.9 Å². The number of carbonyl (C=O) groups excluding carboxylic acids is 4. The lowest BCUT2D eigenvalue weighted by Crippen LogP contribution is -2.46. The first-order chi connectivity index (χ1) is 24.2. The van der Waals surface area contributed by atoms with Gasteiger partial charge >= 0.3 is 23.9 Å². The minimum Gasteiger partial charge on any atom is -0.465 e. The lowest BCUT2D eigenvalue weighted by molar-refractivity contribution is -0.173. The van der Waals surface area contributed by atoms with Gasteiger partial charge in [0.2, 0.25) is 0 Å². The largest absolute Gasteiger partial charge is 0.465 e. The molecule has 5 aromatic rings. The Kier molecular flexibility index (Phi) is 9.91. The standard InChI is InChI=1S/C42H42O8/c1-5-47-37(43)41(38(44)48-6-2)23-27-21-22-28(30-16-10-9-15-29(27)30)24-42(39(45)49-7-3,40(46)50-8-4)26-36-33-19-13-11-17-31(33)35(25-41)32-18-12-14-20-34(32)36/h9-22H,5-8,23-26H2,1-4H3. The lowest BCUT2D eigenvalue weighted by Gasteiger charge is -2.34. The van der Waals surface area contributed by atoms with Crippen molar-refractivity contribution in [2.45, 2.75) is 53.4 Å². The molecule has 0 fully saturated rings. The smallest absolute Gasteiger partial charge is 0.324 e. The third-order valence-corrected chi connectivity index (χ3v) is 9.87. The van der Waals surface area contributed by atoms with E-state index in [9.17, 15) is 19.2 Å². The van der Waals surface area contributed by atoms with E-state index >= 15 is 0 Å². The highest BCUT2D eigenvalue weighted by atomic mass is 16.6. The third kappa shape index (κ3) is 5.86. The van der Waals surface area contributed by atoms with E-state index in [1.807, 2.05) is 84.9 Å². The first kappa shape index (κ1) is 34.6. The van der Waals surface area contributed by atoms with Crippen molar-refractivity contribution in [2.24, 2.45) is 10.8 Å². The molecule has 8 heteroatoms. The average Bonchev–Trinajstić information content (AvgIpc) is 3.12. The van der Waals surface area contributed by atoms with Crippen LogP contribution in [0.5, 0.6) is 0 Å². The molecule has 0 saturated heterocycles. The molecule has 1 aliphatic carbocycles. The van der Waals surface area contributed by atoms with E-state index in [1.54, 1.807) is 27.7 Å². The number of hydrogen-bond donors (Lipinski definition) is 0. The van der Waals surface area contributed by atoms with E-state index in [2.05, 4.69) is 0 Å². The van der Waals surface area contributed by atoms with Crippen LogP contribution in [0, 0.1) is 10.8 Å². The number of benzene rings is 5. The Bertz CT molecular complexity index is 1870. The Morgan fingerprint density at radius 2 is 0.680 bits per heavy atom. The molecular formula is C42H42O8. The van der Waals surface area contributed by atoms with Crippen LogP contribution in [0.2, 0.25) is 0 Å². The summed E-state index contributed by atoms with van der Waals surface area (Å²) >= 11 is 0. The van der Waals surface area contributed by atoms with Gasteiger partial charge in [-0.15, -0.1) is 0 Å². The number of fused-ring (bicyclic) bond motifs is 9. The maximum Gasteiger partial charge on any atom is 0.324 e. The first-order valence-corrected chi connectivity index (χ1v) is 17.3. The van der Waals surface area contributed by atoms with Crippen molar-refractivity contribution in [3.05, 3.63) is 107 Å². The zero-order valence-electron chi connectivity index (χ0n) is 29.0. The molecular weight excluding hydrogens is 632 g/mol. The fraction of sp³-hybridized carbons (Fsp3) is 0.333. The number of rotatable bonds is 8. The number of esters is 4. The fourth-order valence-electron chi connectivity index (χ4n) is 7.62. The maximum absolute atomic E-state index is 14.3. The van der Waals surface area contributed by atoms with Crippen LogP contribution in [0.1, 0.15) is 49.9 Å². The van der Waals surface area contributed by atoms with Crippen molar-refractivity contribution in [3.63, 3.8) is 0 Å². The molecule has 0 amide bonds. The number of carbonyl (C=O) groups is 4. The van der Waals surface area contributed by atoms with Gasteiger partial charge in [0.15, 0.2) is 10.8 Å². The van der Waals surface area contributed by atoms with Gasteiger partial charge in [0.1, 0.15) is 0 Å². The Labute approximate surface area is 291 Å². The van der Waals surface area contributed by atoms with Crippen LogP contribution in [0.25, 0.3) is 32.3 Å². The summed E-state index contributed by atoms with van der Waals surface area (Å²) in [7, 11) is 0. The highest BCUT2D eigenvalue weighted by molar-refractivity contribution is 6.10. The molecule has 0 heterocycles. The van der Waals surface area contributed by atoms with Gasteiger partial charge in [0.05, 0.1) is 26.4 Å². The summed E-state index contributed by atoms with van der Waals surface area (Å²) in [4.78, 5) is 57.3. The van der Waals surface area contributed by atoms with Crippen molar-refractivity contribution >= 4 is 56.2 Å². The second kappa shape index (κ2) is 14.3. The zero-order valence-corrected chi connectivity index (χ0v) is 29.0. The SMILES string of the molecule is CCOC(=O)C1(C(=O)OCC)Cc2ccc(c3ccccc23)CC(C(=O)OCC)(C(=O)OCC)Cc2c3ccccc3c(c3ccccc23)C1. The predicted molar refractivity (Wildman–Crippen MR) is 192 cm³/mol. The van der Waals surface area contributed by atoms with Gasteiger partial charge in [0, 0.05) is 25.7 Å². The molecule has 0 atom stereocenters. The van der Waals surface area contributed by atoms with Crippen LogP contribution in [-0.4, -0.2) is 50.3 Å². The van der Waals surface area contributed by atoms with Crippen molar-refractivity contribution in [1.29, 1.82) is 0 Å². The van der Waals surface area contributed by atoms with Gasteiger partial charge in [-0.2, -0.15) is 0 Å². The molecule has 6 rings (SSSR count). The van der Waals surface area contributed by atoms with Gasteiger partial charge in [-0.25, -0.2) is 0 Å². The topological polar surface area (TPSA) is 105 Å². The quantitative estimate of drug-likeness (QED) is 0.0734. The minimum atomic E-state index is -1.73. The van der Waals surface area contributed by atoms with E-state index in [1.165, 1.54) is 0 Å². The van der Waals surface area contributed by atoms with Crippen molar-refractivity contribution < 1.29 is 38.1 Å².